The molecule has 1 aromatic rings. The van der Waals surface area contributed by atoms with Crippen molar-refractivity contribution < 1.29 is 4.74 Å². The number of aromatic nitrogens is 1. The maximum Gasteiger partial charge on any atom is 0.0622 e. The van der Waals surface area contributed by atoms with Gasteiger partial charge in [0.2, 0.25) is 0 Å². The summed E-state index contributed by atoms with van der Waals surface area (Å²) in [6.07, 6.45) is 9.22. The van der Waals surface area contributed by atoms with E-state index < -0.39 is 0 Å². The van der Waals surface area contributed by atoms with E-state index in [9.17, 15) is 0 Å². The highest BCUT2D eigenvalue weighted by Crippen LogP contribution is 2.41. The zero-order valence-corrected chi connectivity index (χ0v) is 13.4. The predicted octanol–water partition coefficient (Wildman–Crippen LogP) is 2.16. The summed E-state index contributed by atoms with van der Waals surface area (Å²) in [5.74, 6) is 0. The Balaban J connectivity index is 1.31. The molecule has 0 N–H and O–H groups in total. The number of hydrogen-bond donors (Lipinski definition) is 0. The molecule has 0 saturated carbocycles. The number of ether oxygens (including phenoxy) is 1. The third kappa shape index (κ3) is 3.05. The molecule has 3 saturated heterocycles. The Kier molecular flexibility index (Phi) is 4.16. The average molecular weight is 301 g/mol. The van der Waals surface area contributed by atoms with E-state index in [0.717, 1.165) is 19.8 Å². The molecule has 0 aromatic carbocycles. The van der Waals surface area contributed by atoms with E-state index in [1.807, 2.05) is 18.5 Å². The fraction of sp³-hybridized carbons (Fsp3) is 0.722. The summed E-state index contributed by atoms with van der Waals surface area (Å²) >= 11 is 0. The van der Waals surface area contributed by atoms with Crippen LogP contribution in [-0.4, -0.2) is 60.2 Å². The number of nitrogens with zero attached hydrogens (tertiary/aromatic N) is 3. The van der Waals surface area contributed by atoms with Gasteiger partial charge in [-0.2, -0.15) is 0 Å². The first-order valence-corrected chi connectivity index (χ1v) is 8.76. The smallest absolute Gasteiger partial charge is 0.0622 e. The van der Waals surface area contributed by atoms with Gasteiger partial charge in [-0.1, -0.05) is 6.07 Å². The number of hydrogen-bond acceptors (Lipinski definition) is 4. The predicted molar refractivity (Wildman–Crippen MR) is 86.6 cm³/mol. The van der Waals surface area contributed by atoms with E-state index >= 15 is 0 Å². The Labute approximate surface area is 133 Å². The fourth-order valence-corrected chi connectivity index (χ4v) is 4.49. The van der Waals surface area contributed by atoms with Gasteiger partial charge in [0.1, 0.15) is 0 Å². The molecule has 1 atom stereocenters. The lowest BCUT2D eigenvalue weighted by atomic mass is 9.77. The molecule has 3 aliphatic heterocycles. The van der Waals surface area contributed by atoms with Crippen molar-refractivity contribution >= 4 is 0 Å². The Bertz CT molecular complexity index is 478. The van der Waals surface area contributed by atoms with Crippen molar-refractivity contribution in [3.63, 3.8) is 0 Å². The molecule has 0 bridgehead atoms. The number of rotatable bonds is 3. The van der Waals surface area contributed by atoms with Gasteiger partial charge < -0.3 is 4.74 Å². The quantitative estimate of drug-likeness (QED) is 0.855. The lowest BCUT2D eigenvalue weighted by Gasteiger charge is -2.41. The standard InChI is InChI=1S/C18H27N3O/c1-2-16(12-19-7-1)13-20-8-4-18(15-20)5-9-21(10-6-18)17-3-11-22-14-17/h1-2,7,12,17H,3-6,8-11,13-15H2/t17-/m1/s1. The molecule has 0 aliphatic carbocycles. The monoisotopic (exact) mass is 301 g/mol. The van der Waals surface area contributed by atoms with Crippen molar-refractivity contribution in [2.75, 3.05) is 39.4 Å². The molecule has 1 aromatic heterocycles. The highest BCUT2D eigenvalue weighted by atomic mass is 16.5. The molecular weight excluding hydrogens is 274 g/mol. The van der Waals surface area contributed by atoms with Crippen LogP contribution in [0.15, 0.2) is 24.5 Å². The molecule has 4 rings (SSSR count). The molecule has 4 heteroatoms. The highest BCUT2D eigenvalue weighted by Gasteiger charge is 2.41. The number of pyridine rings is 1. The summed E-state index contributed by atoms with van der Waals surface area (Å²) in [7, 11) is 0. The van der Waals surface area contributed by atoms with Gasteiger partial charge in [-0.05, 0) is 62.4 Å². The van der Waals surface area contributed by atoms with Crippen LogP contribution in [0.2, 0.25) is 0 Å². The van der Waals surface area contributed by atoms with E-state index in [1.165, 1.54) is 57.4 Å². The van der Waals surface area contributed by atoms with Gasteiger partial charge in [-0.3, -0.25) is 14.8 Å². The van der Waals surface area contributed by atoms with Crippen molar-refractivity contribution in [1.29, 1.82) is 0 Å². The van der Waals surface area contributed by atoms with Crippen LogP contribution >= 0.6 is 0 Å². The third-order valence-corrected chi connectivity index (χ3v) is 5.93. The minimum Gasteiger partial charge on any atom is -0.380 e. The third-order valence-electron chi connectivity index (χ3n) is 5.93. The lowest BCUT2D eigenvalue weighted by Crippen LogP contribution is -2.46. The molecule has 4 heterocycles. The normalized spacial score (nSPS) is 29.4. The average Bonchev–Trinajstić information content (AvgIpc) is 3.21. The van der Waals surface area contributed by atoms with Crippen LogP contribution in [0.4, 0.5) is 0 Å². The summed E-state index contributed by atoms with van der Waals surface area (Å²) < 4.78 is 5.55. The second-order valence-electron chi connectivity index (χ2n) is 7.38. The summed E-state index contributed by atoms with van der Waals surface area (Å²) in [5.41, 5.74) is 1.93. The second-order valence-corrected chi connectivity index (χ2v) is 7.38. The molecule has 3 aliphatic rings. The molecule has 22 heavy (non-hydrogen) atoms. The zero-order valence-electron chi connectivity index (χ0n) is 13.4. The molecule has 4 nitrogen and oxygen atoms in total. The summed E-state index contributed by atoms with van der Waals surface area (Å²) in [5, 5.41) is 0. The summed E-state index contributed by atoms with van der Waals surface area (Å²) in [4.78, 5) is 9.55. The van der Waals surface area contributed by atoms with Gasteiger partial charge in [0, 0.05) is 38.1 Å². The van der Waals surface area contributed by atoms with Crippen molar-refractivity contribution in [3.05, 3.63) is 30.1 Å². The van der Waals surface area contributed by atoms with Crippen LogP contribution in [0.5, 0.6) is 0 Å². The molecule has 3 fully saturated rings. The van der Waals surface area contributed by atoms with Gasteiger partial charge in [0.25, 0.3) is 0 Å². The molecular formula is C18H27N3O. The van der Waals surface area contributed by atoms with E-state index in [2.05, 4.69) is 20.9 Å². The largest absolute Gasteiger partial charge is 0.380 e. The van der Waals surface area contributed by atoms with E-state index in [-0.39, 0.29) is 0 Å². The summed E-state index contributed by atoms with van der Waals surface area (Å²) in [6.45, 7) is 8.06. The topological polar surface area (TPSA) is 28.6 Å². The van der Waals surface area contributed by atoms with Gasteiger partial charge in [-0.25, -0.2) is 0 Å². The molecule has 0 amide bonds. The molecule has 120 valence electrons. The Morgan fingerprint density at radius 2 is 2.09 bits per heavy atom. The Morgan fingerprint density at radius 1 is 1.23 bits per heavy atom. The number of likely N-dealkylation sites (tertiary alicyclic amines) is 2. The highest BCUT2D eigenvalue weighted by molar-refractivity contribution is 5.09. The van der Waals surface area contributed by atoms with E-state index in [4.69, 9.17) is 4.74 Å². The molecule has 0 unspecified atom stereocenters. The number of piperidine rings is 1. The maximum atomic E-state index is 5.55. The first-order valence-electron chi connectivity index (χ1n) is 8.76. The van der Waals surface area contributed by atoms with E-state index in [0.29, 0.717) is 11.5 Å². The zero-order chi connectivity index (χ0) is 14.8. The van der Waals surface area contributed by atoms with Crippen LogP contribution in [0.1, 0.15) is 31.2 Å². The van der Waals surface area contributed by atoms with Crippen molar-refractivity contribution in [2.45, 2.75) is 38.3 Å². The van der Waals surface area contributed by atoms with Crippen LogP contribution < -0.4 is 0 Å². The first-order chi connectivity index (χ1) is 10.8. The van der Waals surface area contributed by atoms with Crippen LogP contribution in [-0.2, 0) is 11.3 Å². The lowest BCUT2D eigenvalue weighted by molar-refractivity contribution is 0.0678. The SMILES string of the molecule is c1cncc(CN2CCC3(CCN([C@@H]4CCOC4)CC3)C2)c1. The van der Waals surface area contributed by atoms with Gasteiger partial charge in [-0.15, -0.1) is 0 Å². The van der Waals surface area contributed by atoms with Crippen LogP contribution in [0.3, 0.4) is 0 Å². The van der Waals surface area contributed by atoms with E-state index in [1.54, 1.807) is 0 Å². The summed E-state index contributed by atoms with van der Waals surface area (Å²) in [6, 6.07) is 4.94. The Hall–Kier alpha value is -0.970. The molecule has 1 spiro atoms. The second kappa shape index (κ2) is 6.26. The van der Waals surface area contributed by atoms with Crippen molar-refractivity contribution in [1.82, 2.24) is 14.8 Å². The molecule has 0 radical (unpaired) electrons. The Morgan fingerprint density at radius 3 is 2.82 bits per heavy atom. The van der Waals surface area contributed by atoms with Gasteiger partial charge in [0.05, 0.1) is 6.61 Å². The maximum absolute atomic E-state index is 5.55. The van der Waals surface area contributed by atoms with Gasteiger partial charge in [0.15, 0.2) is 0 Å². The van der Waals surface area contributed by atoms with Crippen LogP contribution in [0, 0.1) is 5.41 Å². The van der Waals surface area contributed by atoms with Crippen molar-refractivity contribution in [3.8, 4) is 0 Å². The van der Waals surface area contributed by atoms with Gasteiger partial charge >= 0.3 is 0 Å². The van der Waals surface area contributed by atoms with Crippen molar-refractivity contribution in [2.24, 2.45) is 5.41 Å². The van der Waals surface area contributed by atoms with Crippen LogP contribution in [0.25, 0.3) is 0 Å². The first kappa shape index (κ1) is 14.6. The minimum atomic E-state index is 0.582. The minimum absolute atomic E-state index is 0.582. The fourth-order valence-electron chi connectivity index (χ4n) is 4.49.